The first-order chi connectivity index (χ1) is 14.7. The molecule has 154 valence electrons. The largest absolute Gasteiger partial charge is 0.481 e. The molecule has 0 aromatic carbocycles. The summed E-state index contributed by atoms with van der Waals surface area (Å²) in [6.45, 7) is 4.03. The van der Waals surface area contributed by atoms with Crippen LogP contribution in [0.15, 0.2) is 54.2 Å². The smallest absolute Gasteiger partial charge is 0.212 e. The molecule has 0 aliphatic carbocycles. The number of piperazine rings is 1. The monoisotopic (exact) mass is 420 g/mol. The van der Waals surface area contributed by atoms with E-state index in [4.69, 9.17) is 4.74 Å². The summed E-state index contributed by atoms with van der Waals surface area (Å²) in [4.78, 5) is 10.6. The summed E-state index contributed by atoms with van der Waals surface area (Å²) in [7, 11) is 3.80. The number of methoxy groups -OCH3 is 1. The number of hydrogen-bond donors (Lipinski definition) is 0. The second-order valence-electron chi connectivity index (χ2n) is 7.62. The van der Waals surface area contributed by atoms with Crippen molar-refractivity contribution in [2.45, 2.75) is 12.6 Å². The average Bonchev–Trinajstić information content (AvgIpc) is 3.44. The average molecular weight is 421 g/mol. The van der Waals surface area contributed by atoms with Crippen LogP contribution in [-0.2, 0) is 6.54 Å². The predicted molar refractivity (Wildman–Crippen MR) is 118 cm³/mol. The van der Waals surface area contributed by atoms with Gasteiger partial charge in [0.2, 0.25) is 5.88 Å². The molecule has 0 radical (unpaired) electrons. The summed E-state index contributed by atoms with van der Waals surface area (Å²) >= 11 is 1.82. The Bertz CT molecular complexity index is 1120. The number of nitrogens with zero attached hydrogens (tertiary/aromatic N) is 6. The SMILES string of the molecule is COc1ccc(-c2ccc3c([C@H]4CN(Cc5cccs5)CCN4C)nnn3c2)cn1. The Morgan fingerprint density at radius 3 is 2.80 bits per heavy atom. The molecule has 0 N–H and O–H groups in total. The van der Waals surface area contributed by atoms with E-state index >= 15 is 0 Å². The normalized spacial score (nSPS) is 18.1. The lowest BCUT2D eigenvalue weighted by Gasteiger charge is -2.38. The third kappa shape index (κ3) is 3.69. The summed E-state index contributed by atoms with van der Waals surface area (Å²) < 4.78 is 7.03. The second-order valence-corrected chi connectivity index (χ2v) is 8.65. The number of aromatic nitrogens is 4. The van der Waals surface area contributed by atoms with Gasteiger partial charge in [0.15, 0.2) is 0 Å². The summed E-state index contributed by atoms with van der Waals surface area (Å²) in [5.74, 6) is 0.607. The minimum atomic E-state index is 0.227. The van der Waals surface area contributed by atoms with Gasteiger partial charge < -0.3 is 4.74 Å². The highest BCUT2D eigenvalue weighted by Gasteiger charge is 2.29. The van der Waals surface area contributed by atoms with Gasteiger partial charge >= 0.3 is 0 Å². The number of likely N-dealkylation sites (N-methyl/N-ethyl adjacent to an activating group) is 1. The summed E-state index contributed by atoms with van der Waals surface area (Å²) in [5.41, 5.74) is 4.15. The van der Waals surface area contributed by atoms with E-state index in [1.165, 1.54) is 4.88 Å². The molecule has 5 heterocycles. The highest BCUT2D eigenvalue weighted by Crippen LogP contribution is 2.29. The molecular formula is C22H24N6OS. The van der Waals surface area contributed by atoms with Crippen LogP contribution in [0, 0.1) is 0 Å². The van der Waals surface area contributed by atoms with Gasteiger partial charge in [-0.2, -0.15) is 0 Å². The van der Waals surface area contributed by atoms with Crippen molar-refractivity contribution in [1.29, 1.82) is 0 Å². The Kier molecular flexibility index (Phi) is 5.20. The lowest BCUT2D eigenvalue weighted by atomic mass is 10.1. The number of pyridine rings is 2. The van der Waals surface area contributed by atoms with Gasteiger partial charge in [-0.25, -0.2) is 9.50 Å². The lowest BCUT2D eigenvalue weighted by Crippen LogP contribution is -2.46. The molecule has 8 heteroatoms. The molecule has 1 atom stereocenters. The molecule has 7 nitrogen and oxygen atoms in total. The van der Waals surface area contributed by atoms with E-state index in [0.29, 0.717) is 5.88 Å². The highest BCUT2D eigenvalue weighted by molar-refractivity contribution is 7.09. The van der Waals surface area contributed by atoms with Crippen molar-refractivity contribution in [1.82, 2.24) is 29.6 Å². The van der Waals surface area contributed by atoms with E-state index in [1.54, 1.807) is 7.11 Å². The van der Waals surface area contributed by atoms with Crippen LogP contribution in [0.4, 0.5) is 0 Å². The molecule has 1 saturated heterocycles. The van der Waals surface area contributed by atoms with Crippen LogP contribution in [0.25, 0.3) is 16.6 Å². The van der Waals surface area contributed by atoms with Crippen LogP contribution in [0.2, 0.25) is 0 Å². The van der Waals surface area contributed by atoms with Crippen LogP contribution in [0.5, 0.6) is 5.88 Å². The Labute approximate surface area is 179 Å². The van der Waals surface area contributed by atoms with Crippen molar-refractivity contribution in [2.75, 3.05) is 33.8 Å². The van der Waals surface area contributed by atoms with Crippen LogP contribution >= 0.6 is 11.3 Å². The molecule has 1 fully saturated rings. The van der Waals surface area contributed by atoms with Crippen LogP contribution in [-0.4, -0.2) is 63.4 Å². The third-order valence-corrected chi connectivity index (χ3v) is 6.59. The Morgan fingerprint density at radius 2 is 2.03 bits per heavy atom. The fourth-order valence-electron chi connectivity index (χ4n) is 3.99. The number of thiophene rings is 1. The summed E-state index contributed by atoms with van der Waals surface area (Å²) in [6, 6.07) is 12.6. The molecule has 0 bridgehead atoms. The molecule has 4 aromatic rings. The first kappa shape index (κ1) is 19.2. The standard InChI is InChI=1S/C22H24N6OS/c1-26-9-10-27(14-18-4-3-11-30-18)15-20(26)22-19-7-5-17(13-28(19)25-24-22)16-6-8-21(29-2)23-12-16/h3-8,11-13,20H,9-10,14-15H2,1-2H3/t20-/m1/s1. The van der Waals surface area contributed by atoms with Crippen molar-refractivity contribution >= 4 is 16.9 Å². The van der Waals surface area contributed by atoms with E-state index in [2.05, 4.69) is 61.8 Å². The van der Waals surface area contributed by atoms with E-state index in [1.807, 2.05) is 40.4 Å². The zero-order valence-corrected chi connectivity index (χ0v) is 17.9. The van der Waals surface area contributed by atoms with Gasteiger partial charge in [0.05, 0.1) is 18.7 Å². The van der Waals surface area contributed by atoms with Gasteiger partial charge in [-0.05, 0) is 30.6 Å². The van der Waals surface area contributed by atoms with Gasteiger partial charge in [0, 0.05) is 60.6 Å². The minimum Gasteiger partial charge on any atom is -0.481 e. The molecule has 1 aliphatic rings. The molecule has 0 saturated carbocycles. The first-order valence-electron chi connectivity index (χ1n) is 10.0. The van der Waals surface area contributed by atoms with Crippen molar-refractivity contribution < 1.29 is 4.74 Å². The van der Waals surface area contributed by atoms with Crippen LogP contribution in [0.3, 0.4) is 0 Å². The van der Waals surface area contributed by atoms with E-state index < -0.39 is 0 Å². The highest BCUT2D eigenvalue weighted by atomic mass is 32.1. The Balaban J connectivity index is 1.40. The summed E-state index contributed by atoms with van der Waals surface area (Å²) in [5, 5.41) is 11.1. The van der Waals surface area contributed by atoms with Gasteiger partial charge in [-0.15, -0.1) is 16.4 Å². The summed E-state index contributed by atoms with van der Waals surface area (Å²) in [6.07, 6.45) is 3.83. The zero-order valence-electron chi connectivity index (χ0n) is 17.1. The van der Waals surface area contributed by atoms with Gasteiger partial charge in [-0.3, -0.25) is 9.80 Å². The number of fused-ring (bicyclic) bond motifs is 1. The second kappa shape index (κ2) is 8.14. The number of ether oxygens (including phenoxy) is 1. The fourth-order valence-corrected chi connectivity index (χ4v) is 4.73. The molecule has 0 spiro atoms. The molecule has 30 heavy (non-hydrogen) atoms. The van der Waals surface area contributed by atoms with Crippen molar-refractivity contribution in [3.05, 3.63) is 64.7 Å². The first-order valence-corrected chi connectivity index (χ1v) is 10.9. The van der Waals surface area contributed by atoms with Gasteiger partial charge in [-0.1, -0.05) is 17.3 Å². The van der Waals surface area contributed by atoms with Gasteiger partial charge in [0.1, 0.15) is 5.69 Å². The van der Waals surface area contributed by atoms with E-state index in [0.717, 1.165) is 48.5 Å². The number of rotatable bonds is 5. The van der Waals surface area contributed by atoms with Crippen molar-refractivity contribution in [3.63, 3.8) is 0 Å². The van der Waals surface area contributed by atoms with E-state index in [-0.39, 0.29) is 6.04 Å². The maximum absolute atomic E-state index is 5.15. The molecular weight excluding hydrogens is 396 g/mol. The minimum absolute atomic E-state index is 0.227. The molecule has 4 aromatic heterocycles. The third-order valence-electron chi connectivity index (χ3n) is 5.73. The van der Waals surface area contributed by atoms with Crippen LogP contribution in [0.1, 0.15) is 16.6 Å². The Hall–Kier alpha value is -2.81. The topological polar surface area (TPSA) is 58.8 Å². The van der Waals surface area contributed by atoms with E-state index in [9.17, 15) is 0 Å². The molecule has 1 aliphatic heterocycles. The zero-order chi connectivity index (χ0) is 20.5. The lowest BCUT2D eigenvalue weighted by molar-refractivity contribution is 0.0896. The van der Waals surface area contributed by atoms with Crippen molar-refractivity contribution in [2.24, 2.45) is 0 Å². The maximum atomic E-state index is 5.15. The molecule has 0 unspecified atom stereocenters. The van der Waals surface area contributed by atoms with Gasteiger partial charge in [0.25, 0.3) is 0 Å². The molecule has 0 amide bonds. The maximum Gasteiger partial charge on any atom is 0.212 e. The molecule has 5 rings (SSSR count). The quantitative estimate of drug-likeness (QED) is 0.494. The predicted octanol–water partition coefficient (Wildman–Crippen LogP) is 3.35. The number of hydrogen-bond acceptors (Lipinski definition) is 7. The van der Waals surface area contributed by atoms with Crippen LogP contribution < -0.4 is 4.74 Å². The van der Waals surface area contributed by atoms with Crippen molar-refractivity contribution in [3.8, 4) is 17.0 Å². The fraction of sp³-hybridized carbons (Fsp3) is 0.318. The Morgan fingerprint density at radius 1 is 1.13 bits per heavy atom.